The number of amides is 1. The van der Waals surface area contributed by atoms with Crippen molar-refractivity contribution in [3.8, 4) is 0 Å². The summed E-state index contributed by atoms with van der Waals surface area (Å²) in [6.45, 7) is 0.380. The molecule has 1 saturated carbocycles. The number of carboxylic acids is 1. The van der Waals surface area contributed by atoms with Gasteiger partial charge in [0.1, 0.15) is 0 Å². The number of rotatable bonds is 5. The van der Waals surface area contributed by atoms with Crippen LogP contribution >= 0.6 is 0 Å². The lowest BCUT2D eigenvalue weighted by Crippen LogP contribution is -2.23. The third-order valence-corrected chi connectivity index (χ3v) is 3.86. The lowest BCUT2D eigenvalue weighted by Gasteiger charge is -2.06. The number of pyridine rings is 1. The number of carbonyl (C=O) groups is 2. The predicted octanol–water partition coefficient (Wildman–Crippen LogP) is 2.20. The van der Waals surface area contributed by atoms with Crippen LogP contribution in [0.15, 0.2) is 48.7 Å². The van der Waals surface area contributed by atoms with Gasteiger partial charge in [0.05, 0.1) is 18.2 Å². The van der Waals surface area contributed by atoms with E-state index in [1.54, 1.807) is 18.3 Å². The van der Waals surface area contributed by atoms with Crippen LogP contribution in [0.1, 0.15) is 34.0 Å². The molecule has 0 spiro atoms. The average molecular weight is 296 g/mol. The van der Waals surface area contributed by atoms with Gasteiger partial charge in [-0.3, -0.25) is 14.6 Å². The first-order valence-corrected chi connectivity index (χ1v) is 7.16. The van der Waals surface area contributed by atoms with Crippen LogP contribution in [0, 0.1) is 5.92 Å². The molecule has 2 N–H and O–H groups in total. The second kappa shape index (κ2) is 5.97. The molecule has 1 aromatic heterocycles. The predicted molar refractivity (Wildman–Crippen MR) is 80.3 cm³/mol. The van der Waals surface area contributed by atoms with Gasteiger partial charge in [0.15, 0.2) is 0 Å². The minimum atomic E-state index is -0.748. The molecule has 1 amide bonds. The van der Waals surface area contributed by atoms with E-state index in [9.17, 15) is 9.59 Å². The van der Waals surface area contributed by atoms with Gasteiger partial charge in [0, 0.05) is 11.8 Å². The zero-order valence-electron chi connectivity index (χ0n) is 11.9. The molecule has 2 atom stereocenters. The van der Waals surface area contributed by atoms with Crippen LogP contribution < -0.4 is 5.32 Å². The lowest BCUT2D eigenvalue weighted by molar-refractivity contribution is -0.138. The Labute approximate surface area is 128 Å². The van der Waals surface area contributed by atoms with Crippen molar-refractivity contribution >= 4 is 11.9 Å². The van der Waals surface area contributed by atoms with E-state index in [0.717, 1.165) is 11.3 Å². The van der Waals surface area contributed by atoms with E-state index in [1.165, 1.54) is 0 Å². The Bertz CT molecular complexity index is 683. The molecule has 2 aromatic rings. The van der Waals surface area contributed by atoms with Crippen LogP contribution in [-0.2, 0) is 11.3 Å². The van der Waals surface area contributed by atoms with Crippen LogP contribution in [0.5, 0.6) is 0 Å². The number of aliphatic carboxylic acids is 1. The lowest BCUT2D eigenvalue weighted by atomic mass is 10.1. The molecule has 1 fully saturated rings. The molecule has 0 aliphatic heterocycles. The highest BCUT2D eigenvalue weighted by Gasteiger charge is 2.44. The third-order valence-electron chi connectivity index (χ3n) is 3.86. The molecule has 5 heteroatoms. The highest BCUT2D eigenvalue weighted by molar-refractivity contribution is 5.94. The van der Waals surface area contributed by atoms with Gasteiger partial charge >= 0.3 is 5.97 Å². The first kappa shape index (κ1) is 14.3. The Morgan fingerprint density at radius 2 is 1.95 bits per heavy atom. The fourth-order valence-corrected chi connectivity index (χ4v) is 2.49. The van der Waals surface area contributed by atoms with Crippen molar-refractivity contribution in [1.82, 2.24) is 10.3 Å². The van der Waals surface area contributed by atoms with Gasteiger partial charge in [0.25, 0.3) is 5.91 Å². The van der Waals surface area contributed by atoms with E-state index in [1.807, 2.05) is 30.3 Å². The number of nitrogens with zero attached hydrogens (tertiary/aromatic N) is 1. The first-order valence-electron chi connectivity index (χ1n) is 7.16. The molecule has 0 radical (unpaired) electrons. The maximum Gasteiger partial charge on any atom is 0.307 e. The minimum absolute atomic E-state index is 0.0862. The van der Waals surface area contributed by atoms with Crippen LogP contribution in [-0.4, -0.2) is 22.0 Å². The van der Waals surface area contributed by atoms with E-state index in [2.05, 4.69) is 10.3 Å². The Morgan fingerprint density at radius 1 is 1.18 bits per heavy atom. The van der Waals surface area contributed by atoms with Crippen molar-refractivity contribution in [2.24, 2.45) is 5.92 Å². The Balaban J connectivity index is 1.58. The van der Waals surface area contributed by atoms with Gasteiger partial charge in [-0.25, -0.2) is 0 Å². The minimum Gasteiger partial charge on any atom is -0.481 e. The quantitative estimate of drug-likeness (QED) is 0.886. The zero-order valence-corrected chi connectivity index (χ0v) is 11.9. The van der Waals surface area contributed by atoms with Crippen LogP contribution in [0.2, 0.25) is 0 Å². The van der Waals surface area contributed by atoms with Gasteiger partial charge in [-0.2, -0.15) is 0 Å². The molecule has 0 saturated heterocycles. The Morgan fingerprint density at radius 3 is 2.55 bits per heavy atom. The average Bonchev–Trinajstić information content (AvgIpc) is 3.35. The maximum absolute atomic E-state index is 12.1. The number of carbonyl (C=O) groups excluding carboxylic acids is 1. The number of aromatic nitrogens is 1. The largest absolute Gasteiger partial charge is 0.481 e. The van der Waals surface area contributed by atoms with Crippen molar-refractivity contribution in [3.63, 3.8) is 0 Å². The molecule has 1 aliphatic rings. The summed E-state index contributed by atoms with van der Waals surface area (Å²) >= 11 is 0. The molecule has 1 aromatic carbocycles. The summed E-state index contributed by atoms with van der Waals surface area (Å²) in [5.74, 6) is -1.10. The highest BCUT2D eigenvalue weighted by atomic mass is 16.4. The summed E-state index contributed by atoms with van der Waals surface area (Å²) in [5, 5.41) is 11.7. The first-order chi connectivity index (χ1) is 10.6. The zero-order chi connectivity index (χ0) is 15.5. The molecular formula is C17H16N2O3. The van der Waals surface area contributed by atoms with E-state index >= 15 is 0 Å². The number of hydrogen-bond acceptors (Lipinski definition) is 3. The molecular weight excluding hydrogens is 280 g/mol. The van der Waals surface area contributed by atoms with Crippen LogP contribution in [0.25, 0.3) is 0 Å². The second-order valence-electron chi connectivity index (χ2n) is 5.41. The molecule has 5 nitrogen and oxygen atoms in total. The van der Waals surface area contributed by atoms with Crippen molar-refractivity contribution in [1.29, 1.82) is 0 Å². The van der Waals surface area contributed by atoms with E-state index < -0.39 is 5.97 Å². The van der Waals surface area contributed by atoms with Crippen LogP contribution in [0.3, 0.4) is 0 Å². The molecule has 0 unspecified atom stereocenters. The molecule has 1 heterocycles. The molecule has 0 bridgehead atoms. The summed E-state index contributed by atoms with van der Waals surface area (Å²) in [6.07, 6.45) is 2.37. The van der Waals surface area contributed by atoms with Crippen molar-refractivity contribution in [2.75, 3.05) is 0 Å². The van der Waals surface area contributed by atoms with Crippen molar-refractivity contribution in [3.05, 3.63) is 65.5 Å². The van der Waals surface area contributed by atoms with Gasteiger partial charge in [-0.05, 0) is 42.2 Å². The molecule has 112 valence electrons. The van der Waals surface area contributed by atoms with Gasteiger partial charge in [-0.1, -0.05) is 18.2 Å². The van der Waals surface area contributed by atoms with Gasteiger partial charge in [-0.15, -0.1) is 0 Å². The summed E-state index contributed by atoms with van der Waals surface area (Å²) in [5.41, 5.74) is 2.34. The molecule has 22 heavy (non-hydrogen) atoms. The fourth-order valence-electron chi connectivity index (χ4n) is 2.49. The van der Waals surface area contributed by atoms with E-state index in [0.29, 0.717) is 18.5 Å². The van der Waals surface area contributed by atoms with Gasteiger partial charge in [0.2, 0.25) is 0 Å². The van der Waals surface area contributed by atoms with E-state index in [-0.39, 0.29) is 17.7 Å². The van der Waals surface area contributed by atoms with Crippen LogP contribution in [0.4, 0.5) is 0 Å². The topological polar surface area (TPSA) is 79.3 Å². The number of nitrogens with one attached hydrogen (secondary N) is 1. The van der Waals surface area contributed by atoms with Gasteiger partial charge < -0.3 is 10.4 Å². The standard InChI is InChI=1S/C17H16N2O3/c20-16(19-10-13-3-1-2-8-18-13)12-6-4-11(5-7-12)14-9-15(14)17(21)22/h1-8,14-15H,9-10H2,(H,19,20)(H,21,22)/t14-,15+/m1/s1. The van der Waals surface area contributed by atoms with Crippen molar-refractivity contribution in [2.45, 2.75) is 18.9 Å². The maximum atomic E-state index is 12.1. The smallest absolute Gasteiger partial charge is 0.307 e. The SMILES string of the molecule is O=C(NCc1ccccn1)c1ccc([C@H]2C[C@@H]2C(=O)O)cc1. The molecule has 1 aliphatic carbocycles. The number of hydrogen-bond donors (Lipinski definition) is 2. The second-order valence-corrected chi connectivity index (χ2v) is 5.41. The molecule has 3 rings (SSSR count). The summed E-state index contributed by atoms with van der Waals surface area (Å²) < 4.78 is 0. The monoisotopic (exact) mass is 296 g/mol. The highest BCUT2D eigenvalue weighted by Crippen LogP contribution is 2.47. The Hall–Kier alpha value is -2.69. The number of carboxylic acid groups (broad SMARTS) is 1. The normalized spacial score (nSPS) is 19.5. The fraction of sp³-hybridized carbons (Fsp3) is 0.235. The third kappa shape index (κ3) is 3.14. The van der Waals surface area contributed by atoms with E-state index in [4.69, 9.17) is 5.11 Å². The Kier molecular flexibility index (Phi) is 3.87. The summed E-state index contributed by atoms with van der Waals surface area (Å²) in [7, 11) is 0. The van der Waals surface area contributed by atoms with Crippen molar-refractivity contribution < 1.29 is 14.7 Å². The number of benzene rings is 1. The summed E-state index contributed by atoms with van der Waals surface area (Å²) in [6, 6.07) is 12.7. The summed E-state index contributed by atoms with van der Waals surface area (Å²) in [4.78, 5) is 27.1.